The molecule has 128 valence electrons. The molecule has 0 bridgehead atoms. The van der Waals surface area contributed by atoms with Crippen LogP contribution < -0.4 is 11.1 Å². The largest absolute Gasteiger partial charge is 0.382 e. The molecule has 6 nitrogen and oxygen atoms in total. The van der Waals surface area contributed by atoms with Gasteiger partial charge in [-0.2, -0.15) is 0 Å². The van der Waals surface area contributed by atoms with E-state index in [0.29, 0.717) is 12.2 Å². The highest BCUT2D eigenvalue weighted by Crippen LogP contribution is 2.18. The molecular formula is C18H18BrN5O. The minimum atomic E-state index is -0.372. The van der Waals surface area contributed by atoms with Crippen molar-refractivity contribution in [2.24, 2.45) is 0 Å². The maximum Gasteiger partial charge on any atom is 0.280 e. The Labute approximate surface area is 154 Å². The van der Waals surface area contributed by atoms with Crippen LogP contribution in [0.1, 0.15) is 27.2 Å². The van der Waals surface area contributed by atoms with Gasteiger partial charge in [0, 0.05) is 10.2 Å². The van der Waals surface area contributed by atoms with Crippen LogP contribution in [0.25, 0.3) is 0 Å². The number of hydrogen-bond acceptors (Lipinski definition) is 4. The van der Waals surface area contributed by atoms with Crippen molar-refractivity contribution in [3.63, 3.8) is 0 Å². The monoisotopic (exact) mass is 399 g/mol. The second-order valence-corrected chi connectivity index (χ2v) is 6.86. The van der Waals surface area contributed by atoms with Crippen molar-refractivity contribution >= 4 is 33.3 Å². The van der Waals surface area contributed by atoms with Gasteiger partial charge in [0.1, 0.15) is 0 Å². The molecule has 3 aromatic rings. The van der Waals surface area contributed by atoms with E-state index in [1.165, 1.54) is 4.68 Å². The molecule has 0 aliphatic heterocycles. The van der Waals surface area contributed by atoms with E-state index in [2.05, 4.69) is 31.6 Å². The number of nitrogens with two attached hydrogens (primary N) is 1. The number of nitrogens with zero attached hydrogens (tertiary/aromatic N) is 3. The van der Waals surface area contributed by atoms with Crippen molar-refractivity contribution in [1.29, 1.82) is 0 Å². The van der Waals surface area contributed by atoms with Gasteiger partial charge in [0.2, 0.25) is 0 Å². The number of nitrogen functional groups attached to an aromatic ring is 1. The molecule has 0 aliphatic carbocycles. The highest BCUT2D eigenvalue weighted by Gasteiger charge is 2.18. The lowest BCUT2D eigenvalue weighted by Gasteiger charge is -2.07. The van der Waals surface area contributed by atoms with Crippen LogP contribution in [0.4, 0.5) is 11.5 Å². The summed E-state index contributed by atoms with van der Waals surface area (Å²) in [5.41, 5.74) is 10.0. The molecule has 3 N–H and O–H groups in total. The van der Waals surface area contributed by atoms with Crippen molar-refractivity contribution in [2.45, 2.75) is 20.4 Å². The first-order valence-corrected chi connectivity index (χ1v) is 8.55. The van der Waals surface area contributed by atoms with E-state index in [0.717, 1.165) is 21.2 Å². The predicted molar refractivity (Wildman–Crippen MR) is 102 cm³/mol. The van der Waals surface area contributed by atoms with Crippen LogP contribution >= 0.6 is 15.9 Å². The fourth-order valence-corrected chi connectivity index (χ4v) is 3.09. The number of anilines is 2. The second-order valence-electron chi connectivity index (χ2n) is 5.94. The average Bonchev–Trinajstić information content (AvgIpc) is 2.87. The van der Waals surface area contributed by atoms with Crippen LogP contribution in [0.5, 0.6) is 0 Å². The van der Waals surface area contributed by atoms with Crippen LogP contribution in [0.2, 0.25) is 0 Å². The minimum Gasteiger partial charge on any atom is -0.382 e. The maximum atomic E-state index is 12.5. The first kappa shape index (κ1) is 17.2. The average molecular weight is 400 g/mol. The molecule has 0 radical (unpaired) electrons. The summed E-state index contributed by atoms with van der Waals surface area (Å²) in [5.74, 6) is -0.134. The Hall–Kier alpha value is -2.67. The molecule has 1 amide bonds. The first-order valence-electron chi connectivity index (χ1n) is 7.75. The lowest BCUT2D eigenvalue weighted by atomic mass is 10.1. The number of benzene rings is 2. The van der Waals surface area contributed by atoms with Crippen LogP contribution in [0.3, 0.4) is 0 Å². The smallest absolute Gasteiger partial charge is 0.280 e. The van der Waals surface area contributed by atoms with Crippen molar-refractivity contribution in [1.82, 2.24) is 15.0 Å². The number of aromatic nitrogens is 3. The molecule has 0 saturated carbocycles. The van der Waals surface area contributed by atoms with Crippen LogP contribution in [0.15, 0.2) is 46.9 Å². The summed E-state index contributed by atoms with van der Waals surface area (Å²) in [6.45, 7) is 4.39. The Bertz CT molecular complexity index is 915. The summed E-state index contributed by atoms with van der Waals surface area (Å²) in [4.78, 5) is 12.5. The third kappa shape index (κ3) is 4.06. The fourth-order valence-electron chi connectivity index (χ4n) is 2.64. The summed E-state index contributed by atoms with van der Waals surface area (Å²) in [6.07, 6.45) is 0. The zero-order valence-corrected chi connectivity index (χ0v) is 15.5. The Balaban J connectivity index is 1.79. The van der Waals surface area contributed by atoms with E-state index in [1.807, 2.05) is 56.3 Å². The van der Waals surface area contributed by atoms with Crippen molar-refractivity contribution < 1.29 is 4.79 Å². The van der Waals surface area contributed by atoms with Crippen LogP contribution in [0, 0.1) is 13.8 Å². The lowest BCUT2D eigenvalue weighted by molar-refractivity contribution is 0.102. The van der Waals surface area contributed by atoms with E-state index in [-0.39, 0.29) is 17.4 Å². The molecule has 7 heteroatoms. The van der Waals surface area contributed by atoms with E-state index in [9.17, 15) is 4.79 Å². The Morgan fingerprint density at radius 1 is 1.20 bits per heavy atom. The normalized spacial score (nSPS) is 10.7. The summed E-state index contributed by atoms with van der Waals surface area (Å²) < 4.78 is 2.48. The Morgan fingerprint density at radius 3 is 2.60 bits per heavy atom. The molecule has 0 fully saturated rings. The highest BCUT2D eigenvalue weighted by atomic mass is 79.9. The number of carbonyl (C=O) groups is 1. The molecular weight excluding hydrogens is 382 g/mol. The van der Waals surface area contributed by atoms with E-state index < -0.39 is 0 Å². The van der Waals surface area contributed by atoms with Gasteiger partial charge < -0.3 is 11.1 Å². The first-order chi connectivity index (χ1) is 11.9. The SMILES string of the molecule is Cc1cc(C)cc(NC(=O)c2nnn(Cc3cccc(Br)c3)c2N)c1. The number of rotatable bonds is 4. The van der Waals surface area contributed by atoms with E-state index in [4.69, 9.17) is 5.73 Å². The van der Waals surface area contributed by atoms with Crippen molar-refractivity contribution in [3.8, 4) is 0 Å². The molecule has 25 heavy (non-hydrogen) atoms. The Morgan fingerprint density at radius 2 is 1.92 bits per heavy atom. The summed E-state index contributed by atoms with van der Waals surface area (Å²) in [7, 11) is 0. The van der Waals surface area contributed by atoms with Gasteiger partial charge in [-0.15, -0.1) is 5.10 Å². The third-order valence-electron chi connectivity index (χ3n) is 3.69. The van der Waals surface area contributed by atoms with Gasteiger partial charge in [0.25, 0.3) is 5.91 Å². The number of nitrogens with one attached hydrogen (secondary N) is 1. The highest BCUT2D eigenvalue weighted by molar-refractivity contribution is 9.10. The minimum absolute atomic E-state index is 0.120. The number of halogens is 1. The fraction of sp³-hybridized carbons (Fsp3) is 0.167. The second kappa shape index (κ2) is 7.06. The van der Waals surface area contributed by atoms with Gasteiger partial charge >= 0.3 is 0 Å². The zero-order valence-electron chi connectivity index (χ0n) is 14.0. The summed E-state index contributed by atoms with van der Waals surface area (Å²) in [6, 6.07) is 13.6. The molecule has 0 spiro atoms. The number of aryl methyl sites for hydroxylation is 2. The molecule has 0 saturated heterocycles. The molecule has 1 heterocycles. The van der Waals surface area contributed by atoms with Gasteiger partial charge in [-0.25, -0.2) is 4.68 Å². The van der Waals surface area contributed by atoms with Crippen molar-refractivity contribution in [2.75, 3.05) is 11.1 Å². The molecule has 0 unspecified atom stereocenters. The Kier molecular flexibility index (Phi) is 4.85. The van der Waals surface area contributed by atoms with Gasteiger partial charge in [-0.1, -0.05) is 39.3 Å². The molecule has 0 aliphatic rings. The van der Waals surface area contributed by atoms with E-state index >= 15 is 0 Å². The number of amides is 1. The summed E-state index contributed by atoms with van der Waals surface area (Å²) >= 11 is 3.43. The third-order valence-corrected chi connectivity index (χ3v) is 4.18. The maximum absolute atomic E-state index is 12.5. The zero-order chi connectivity index (χ0) is 18.0. The van der Waals surface area contributed by atoms with Gasteiger partial charge in [0.15, 0.2) is 11.5 Å². The predicted octanol–water partition coefficient (Wildman–Crippen LogP) is 3.54. The lowest BCUT2D eigenvalue weighted by Crippen LogP contribution is -2.15. The molecule has 2 aromatic carbocycles. The van der Waals surface area contributed by atoms with E-state index in [1.54, 1.807) is 0 Å². The van der Waals surface area contributed by atoms with Crippen LogP contribution in [-0.4, -0.2) is 20.9 Å². The summed E-state index contributed by atoms with van der Waals surface area (Å²) in [5, 5.41) is 10.8. The van der Waals surface area contributed by atoms with Crippen LogP contribution in [-0.2, 0) is 6.54 Å². The van der Waals surface area contributed by atoms with Gasteiger partial charge in [-0.3, -0.25) is 4.79 Å². The number of carbonyl (C=O) groups excluding carboxylic acids is 1. The molecule has 0 atom stereocenters. The molecule has 1 aromatic heterocycles. The van der Waals surface area contributed by atoms with Gasteiger partial charge in [0.05, 0.1) is 6.54 Å². The standard InChI is InChI=1S/C18H18BrN5O/c1-11-6-12(2)8-15(7-11)21-18(25)16-17(20)24(23-22-16)10-13-4-3-5-14(19)9-13/h3-9H,10,20H2,1-2H3,(H,21,25). The topological polar surface area (TPSA) is 85.8 Å². The number of hydrogen-bond donors (Lipinski definition) is 2. The quantitative estimate of drug-likeness (QED) is 0.702. The van der Waals surface area contributed by atoms with Crippen molar-refractivity contribution in [3.05, 3.63) is 69.3 Å². The van der Waals surface area contributed by atoms with Gasteiger partial charge in [-0.05, 0) is 54.8 Å². The molecule has 3 rings (SSSR count).